The van der Waals surface area contributed by atoms with Gasteiger partial charge in [0.15, 0.2) is 0 Å². The van der Waals surface area contributed by atoms with E-state index in [1.807, 2.05) is 0 Å². The fourth-order valence-corrected chi connectivity index (χ4v) is 3.37. The summed E-state index contributed by atoms with van der Waals surface area (Å²) >= 11 is 2.36. The lowest BCUT2D eigenvalue weighted by molar-refractivity contribution is 0.251. The van der Waals surface area contributed by atoms with Crippen molar-refractivity contribution in [2.24, 2.45) is 0 Å². The van der Waals surface area contributed by atoms with E-state index in [9.17, 15) is 0 Å². The molecule has 2 unspecified atom stereocenters. The lowest BCUT2D eigenvalue weighted by atomic mass is 10.1. The highest BCUT2D eigenvalue weighted by Crippen LogP contribution is 2.21. The maximum absolute atomic E-state index is 3.73. The van der Waals surface area contributed by atoms with E-state index < -0.39 is 0 Å². The van der Waals surface area contributed by atoms with Crippen molar-refractivity contribution in [2.45, 2.75) is 37.9 Å². The Morgan fingerprint density at radius 2 is 1.88 bits per heavy atom. The Labute approximate surface area is 117 Å². The largest absolute Gasteiger partial charge is 0.310 e. The van der Waals surface area contributed by atoms with Crippen molar-refractivity contribution in [3.63, 3.8) is 0 Å². The number of halogens is 1. The van der Waals surface area contributed by atoms with Crippen molar-refractivity contribution in [3.8, 4) is 0 Å². The van der Waals surface area contributed by atoms with Crippen LogP contribution in [0.15, 0.2) is 24.3 Å². The topological polar surface area (TPSA) is 15.3 Å². The second-order valence-corrected chi connectivity index (χ2v) is 6.53. The molecular weight excluding hydrogens is 323 g/mol. The number of nitrogens with zero attached hydrogens (tertiary/aromatic N) is 1. The molecular formula is C14H19IN2. The van der Waals surface area contributed by atoms with E-state index in [4.69, 9.17) is 0 Å². The second kappa shape index (κ2) is 5.24. The van der Waals surface area contributed by atoms with Crippen molar-refractivity contribution < 1.29 is 0 Å². The van der Waals surface area contributed by atoms with Gasteiger partial charge in [0.25, 0.3) is 0 Å². The van der Waals surface area contributed by atoms with Crippen LogP contribution >= 0.6 is 22.6 Å². The van der Waals surface area contributed by atoms with Crippen molar-refractivity contribution in [1.82, 2.24) is 10.2 Å². The van der Waals surface area contributed by atoms with E-state index in [1.165, 1.54) is 41.5 Å². The van der Waals surface area contributed by atoms with Crippen molar-refractivity contribution >= 4 is 22.6 Å². The molecule has 2 fully saturated rings. The molecule has 2 saturated heterocycles. The van der Waals surface area contributed by atoms with Gasteiger partial charge in [0.1, 0.15) is 0 Å². The molecule has 0 saturated carbocycles. The van der Waals surface area contributed by atoms with Crippen molar-refractivity contribution in [2.75, 3.05) is 13.1 Å². The van der Waals surface area contributed by atoms with Crippen LogP contribution < -0.4 is 5.32 Å². The molecule has 0 spiro atoms. The molecule has 2 bridgehead atoms. The lowest BCUT2D eigenvalue weighted by Gasteiger charge is -2.24. The quantitative estimate of drug-likeness (QED) is 0.832. The molecule has 0 amide bonds. The second-order valence-electron chi connectivity index (χ2n) is 5.29. The van der Waals surface area contributed by atoms with Gasteiger partial charge in [0.05, 0.1) is 0 Å². The summed E-state index contributed by atoms with van der Waals surface area (Å²) in [6, 6.07) is 10.5. The van der Waals surface area contributed by atoms with Gasteiger partial charge in [-0.05, 0) is 59.5 Å². The zero-order chi connectivity index (χ0) is 11.7. The molecule has 2 atom stereocenters. The number of hydrogen-bond acceptors (Lipinski definition) is 2. The smallest absolute Gasteiger partial charge is 0.0234 e. The number of nitrogens with one attached hydrogen (secondary N) is 1. The molecule has 0 aliphatic carbocycles. The average Bonchev–Trinajstić information content (AvgIpc) is 2.66. The predicted molar refractivity (Wildman–Crippen MR) is 79.0 cm³/mol. The van der Waals surface area contributed by atoms with Gasteiger partial charge in [-0.3, -0.25) is 4.90 Å². The van der Waals surface area contributed by atoms with E-state index in [0.29, 0.717) is 0 Å². The van der Waals surface area contributed by atoms with Gasteiger partial charge >= 0.3 is 0 Å². The van der Waals surface area contributed by atoms with Crippen LogP contribution in [-0.4, -0.2) is 30.1 Å². The molecule has 92 valence electrons. The van der Waals surface area contributed by atoms with Crippen LogP contribution in [0, 0.1) is 3.57 Å². The van der Waals surface area contributed by atoms with Gasteiger partial charge < -0.3 is 5.32 Å². The molecule has 1 aromatic rings. The first-order valence-corrected chi connectivity index (χ1v) is 7.60. The highest BCUT2D eigenvalue weighted by molar-refractivity contribution is 14.1. The molecule has 2 aliphatic heterocycles. The molecule has 2 nitrogen and oxygen atoms in total. The maximum Gasteiger partial charge on any atom is 0.0234 e. The summed E-state index contributed by atoms with van der Waals surface area (Å²) in [6.07, 6.45) is 4.08. The highest BCUT2D eigenvalue weighted by Gasteiger charge is 2.28. The SMILES string of the molecule is Ic1ccc(CN2CCC3CCC(C2)N3)cc1. The summed E-state index contributed by atoms with van der Waals surface area (Å²) in [5.74, 6) is 0. The first kappa shape index (κ1) is 11.9. The lowest BCUT2D eigenvalue weighted by Crippen LogP contribution is -2.34. The van der Waals surface area contributed by atoms with E-state index in [-0.39, 0.29) is 0 Å². The fourth-order valence-electron chi connectivity index (χ4n) is 3.01. The summed E-state index contributed by atoms with van der Waals surface area (Å²) in [4.78, 5) is 2.61. The average molecular weight is 342 g/mol. The van der Waals surface area contributed by atoms with Crippen LogP contribution in [0.2, 0.25) is 0 Å². The van der Waals surface area contributed by atoms with Crippen LogP contribution in [0.4, 0.5) is 0 Å². The molecule has 2 aliphatic rings. The summed E-state index contributed by atoms with van der Waals surface area (Å²) < 4.78 is 1.32. The van der Waals surface area contributed by atoms with Crippen LogP contribution in [0.5, 0.6) is 0 Å². The Morgan fingerprint density at radius 3 is 2.71 bits per heavy atom. The normalized spacial score (nSPS) is 29.2. The Hall–Kier alpha value is -0.130. The van der Waals surface area contributed by atoms with Gasteiger partial charge in [-0.15, -0.1) is 0 Å². The number of likely N-dealkylation sites (tertiary alicyclic amines) is 1. The number of fused-ring (bicyclic) bond motifs is 2. The minimum absolute atomic E-state index is 0.742. The third kappa shape index (κ3) is 3.01. The number of rotatable bonds is 2. The molecule has 1 N–H and O–H groups in total. The zero-order valence-corrected chi connectivity index (χ0v) is 12.2. The van der Waals surface area contributed by atoms with Crippen LogP contribution in [0.3, 0.4) is 0 Å². The summed E-state index contributed by atoms with van der Waals surface area (Å²) in [5.41, 5.74) is 1.45. The molecule has 2 heterocycles. The Bertz CT molecular complexity index is 376. The Morgan fingerprint density at radius 1 is 1.12 bits per heavy atom. The standard InChI is InChI=1S/C14H19IN2/c15-12-3-1-11(2-4-12)9-17-8-7-13-5-6-14(10-17)16-13/h1-4,13-14,16H,5-10H2. The number of hydrogen-bond donors (Lipinski definition) is 1. The van der Waals surface area contributed by atoms with E-state index in [0.717, 1.165) is 18.6 Å². The van der Waals surface area contributed by atoms with Crippen LogP contribution in [0.25, 0.3) is 0 Å². The van der Waals surface area contributed by atoms with Crippen molar-refractivity contribution in [3.05, 3.63) is 33.4 Å². The number of benzene rings is 1. The van der Waals surface area contributed by atoms with E-state index in [2.05, 4.69) is 57.1 Å². The molecule has 1 aromatic carbocycles. The Kier molecular flexibility index (Phi) is 3.68. The van der Waals surface area contributed by atoms with E-state index >= 15 is 0 Å². The molecule has 3 heteroatoms. The summed E-state index contributed by atoms with van der Waals surface area (Å²) in [5, 5.41) is 3.73. The minimum atomic E-state index is 0.742. The zero-order valence-electron chi connectivity index (χ0n) is 10.0. The van der Waals surface area contributed by atoms with Crippen molar-refractivity contribution in [1.29, 1.82) is 0 Å². The fraction of sp³-hybridized carbons (Fsp3) is 0.571. The third-order valence-electron chi connectivity index (χ3n) is 3.93. The minimum Gasteiger partial charge on any atom is -0.310 e. The summed E-state index contributed by atoms with van der Waals surface area (Å²) in [7, 11) is 0. The van der Waals surface area contributed by atoms with Gasteiger partial charge in [-0.1, -0.05) is 12.1 Å². The monoisotopic (exact) mass is 342 g/mol. The third-order valence-corrected chi connectivity index (χ3v) is 4.65. The van der Waals surface area contributed by atoms with Crippen LogP contribution in [0.1, 0.15) is 24.8 Å². The summed E-state index contributed by atoms with van der Waals surface area (Å²) in [6.45, 7) is 3.59. The van der Waals surface area contributed by atoms with Gasteiger partial charge in [-0.25, -0.2) is 0 Å². The molecule has 0 radical (unpaired) electrons. The Balaban J connectivity index is 1.63. The highest BCUT2D eigenvalue weighted by atomic mass is 127. The van der Waals surface area contributed by atoms with Gasteiger partial charge in [0, 0.05) is 35.3 Å². The first-order valence-electron chi connectivity index (χ1n) is 6.52. The van der Waals surface area contributed by atoms with E-state index in [1.54, 1.807) is 0 Å². The maximum atomic E-state index is 3.73. The van der Waals surface area contributed by atoms with Gasteiger partial charge in [-0.2, -0.15) is 0 Å². The van der Waals surface area contributed by atoms with Gasteiger partial charge in [0.2, 0.25) is 0 Å². The molecule has 17 heavy (non-hydrogen) atoms. The van der Waals surface area contributed by atoms with Crippen LogP contribution in [-0.2, 0) is 6.54 Å². The molecule has 0 aromatic heterocycles. The molecule has 3 rings (SSSR count). The first-order chi connectivity index (χ1) is 8.29. The predicted octanol–water partition coefficient (Wildman–Crippen LogP) is 2.62.